The molecule has 2 aromatic rings. The zero-order valence-electron chi connectivity index (χ0n) is 12.7. The third-order valence-corrected chi connectivity index (χ3v) is 4.01. The SMILES string of the molecule is Cc1nc(C)n(CCCNC(=O)/C=C/c2cc(CO)cs2)n1. The summed E-state index contributed by atoms with van der Waals surface area (Å²) in [4.78, 5) is 16.9. The molecule has 0 aromatic carbocycles. The second kappa shape index (κ2) is 7.86. The number of hydrogen-bond donors (Lipinski definition) is 2. The molecular weight excluding hydrogens is 300 g/mol. The van der Waals surface area contributed by atoms with Crippen LogP contribution in [0.15, 0.2) is 17.5 Å². The number of rotatable bonds is 7. The van der Waals surface area contributed by atoms with Gasteiger partial charge in [0.15, 0.2) is 0 Å². The zero-order chi connectivity index (χ0) is 15.9. The Bertz CT molecular complexity index is 660. The first kappa shape index (κ1) is 16.4. The fourth-order valence-corrected chi connectivity index (χ4v) is 2.79. The van der Waals surface area contributed by atoms with Gasteiger partial charge in [-0.15, -0.1) is 11.3 Å². The van der Waals surface area contributed by atoms with Crippen molar-refractivity contribution in [3.8, 4) is 0 Å². The van der Waals surface area contributed by atoms with Crippen LogP contribution in [0.1, 0.15) is 28.5 Å². The highest BCUT2D eigenvalue weighted by Gasteiger charge is 2.02. The molecule has 118 valence electrons. The molecule has 2 rings (SSSR count). The molecule has 1 amide bonds. The summed E-state index contributed by atoms with van der Waals surface area (Å²) >= 11 is 1.50. The van der Waals surface area contributed by atoms with E-state index in [-0.39, 0.29) is 12.5 Å². The molecule has 0 aliphatic heterocycles. The number of hydrogen-bond acceptors (Lipinski definition) is 5. The molecule has 0 unspecified atom stereocenters. The van der Waals surface area contributed by atoms with Crippen LogP contribution in [0.2, 0.25) is 0 Å². The van der Waals surface area contributed by atoms with E-state index in [1.54, 1.807) is 6.08 Å². The van der Waals surface area contributed by atoms with E-state index < -0.39 is 0 Å². The lowest BCUT2D eigenvalue weighted by molar-refractivity contribution is -0.116. The number of carbonyl (C=O) groups is 1. The first-order valence-corrected chi connectivity index (χ1v) is 7.98. The van der Waals surface area contributed by atoms with Crippen LogP contribution in [0.3, 0.4) is 0 Å². The zero-order valence-corrected chi connectivity index (χ0v) is 13.6. The van der Waals surface area contributed by atoms with E-state index in [9.17, 15) is 4.79 Å². The summed E-state index contributed by atoms with van der Waals surface area (Å²) in [6.07, 6.45) is 4.07. The Morgan fingerprint density at radius 2 is 2.32 bits per heavy atom. The van der Waals surface area contributed by atoms with Crippen LogP contribution < -0.4 is 5.32 Å². The van der Waals surface area contributed by atoms with Gasteiger partial charge in [-0.1, -0.05) is 0 Å². The molecule has 0 aliphatic carbocycles. The normalized spacial score (nSPS) is 11.2. The van der Waals surface area contributed by atoms with Crippen LogP contribution in [-0.4, -0.2) is 32.3 Å². The van der Waals surface area contributed by atoms with Gasteiger partial charge < -0.3 is 10.4 Å². The summed E-state index contributed by atoms with van der Waals surface area (Å²) in [6.45, 7) is 5.14. The average molecular weight is 320 g/mol. The predicted octanol–water partition coefficient (Wildman–Crippen LogP) is 1.67. The topological polar surface area (TPSA) is 80.0 Å². The average Bonchev–Trinajstić information content (AvgIpc) is 3.07. The standard InChI is InChI=1S/C15H20N4O2S/c1-11-17-12(2)19(18-11)7-3-6-16-15(21)5-4-14-8-13(9-20)10-22-14/h4-5,8,10,20H,3,6-7,9H2,1-2H3,(H,16,21)/b5-4+. The molecule has 0 fully saturated rings. The Kier molecular flexibility index (Phi) is 5.85. The highest BCUT2D eigenvalue weighted by Crippen LogP contribution is 2.15. The molecule has 7 heteroatoms. The molecule has 0 atom stereocenters. The van der Waals surface area contributed by atoms with Gasteiger partial charge in [-0.2, -0.15) is 5.10 Å². The van der Waals surface area contributed by atoms with Crippen molar-refractivity contribution in [2.24, 2.45) is 0 Å². The van der Waals surface area contributed by atoms with E-state index in [4.69, 9.17) is 5.11 Å². The first-order valence-electron chi connectivity index (χ1n) is 7.10. The van der Waals surface area contributed by atoms with E-state index in [1.807, 2.05) is 30.0 Å². The lowest BCUT2D eigenvalue weighted by atomic mass is 10.3. The van der Waals surface area contributed by atoms with Crippen LogP contribution >= 0.6 is 11.3 Å². The highest BCUT2D eigenvalue weighted by atomic mass is 32.1. The maximum absolute atomic E-state index is 11.7. The summed E-state index contributed by atoms with van der Waals surface area (Å²) in [7, 11) is 0. The van der Waals surface area contributed by atoms with E-state index in [2.05, 4.69) is 15.4 Å². The van der Waals surface area contributed by atoms with Crippen LogP contribution in [-0.2, 0) is 17.9 Å². The van der Waals surface area contributed by atoms with E-state index >= 15 is 0 Å². The van der Waals surface area contributed by atoms with E-state index in [0.29, 0.717) is 6.54 Å². The molecule has 0 bridgehead atoms. The summed E-state index contributed by atoms with van der Waals surface area (Å²) in [5.41, 5.74) is 0.864. The molecule has 2 N–H and O–H groups in total. The summed E-state index contributed by atoms with van der Waals surface area (Å²) in [5.74, 6) is 1.54. The minimum atomic E-state index is -0.120. The lowest BCUT2D eigenvalue weighted by Crippen LogP contribution is -2.23. The number of carbonyl (C=O) groups excluding carboxylic acids is 1. The Morgan fingerprint density at radius 3 is 2.95 bits per heavy atom. The third-order valence-electron chi connectivity index (χ3n) is 3.06. The van der Waals surface area contributed by atoms with Crippen molar-refractivity contribution < 1.29 is 9.90 Å². The van der Waals surface area contributed by atoms with Gasteiger partial charge in [0.1, 0.15) is 11.6 Å². The number of aromatic nitrogens is 3. The van der Waals surface area contributed by atoms with Crippen molar-refractivity contribution in [1.29, 1.82) is 0 Å². The van der Waals surface area contributed by atoms with E-state index in [0.717, 1.165) is 35.1 Å². The van der Waals surface area contributed by atoms with Gasteiger partial charge in [-0.3, -0.25) is 9.48 Å². The lowest BCUT2D eigenvalue weighted by Gasteiger charge is -2.03. The number of thiophene rings is 1. The number of amides is 1. The maximum Gasteiger partial charge on any atom is 0.244 e. The monoisotopic (exact) mass is 320 g/mol. The van der Waals surface area contributed by atoms with Crippen molar-refractivity contribution >= 4 is 23.3 Å². The highest BCUT2D eigenvalue weighted by molar-refractivity contribution is 7.11. The Hall–Kier alpha value is -1.99. The predicted molar refractivity (Wildman–Crippen MR) is 86.4 cm³/mol. The fourth-order valence-electron chi connectivity index (χ4n) is 2.00. The Morgan fingerprint density at radius 1 is 1.50 bits per heavy atom. The smallest absolute Gasteiger partial charge is 0.244 e. The minimum Gasteiger partial charge on any atom is -0.392 e. The molecule has 0 saturated carbocycles. The number of aliphatic hydroxyl groups excluding tert-OH is 1. The van der Waals surface area contributed by atoms with Gasteiger partial charge in [0.2, 0.25) is 5.91 Å². The van der Waals surface area contributed by atoms with Crippen molar-refractivity contribution in [2.75, 3.05) is 6.54 Å². The minimum absolute atomic E-state index is 0.0255. The Labute approximate surface area is 133 Å². The molecule has 2 heterocycles. The molecule has 0 aliphatic rings. The molecule has 0 radical (unpaired) electrons. The van der Waals surface area contributed by atoms with Crippen molar-refractivity contribution in [2.45, 2.75) is 33.4 Å². The summed E-state index contributed by atoms with van der Waals surface area (Å²) in [6, 6.07) is 1.87. The second-order valence-corrected chi connectivity index (χ2v) is 5.87. The number of aliphatic hydroxyl groups is 1. The van der Waals surface area contributed by atoms with Crippen LogP contribution in [0.5, 0.6) is 0 Å². The number of aryl methyl sites for hydroxylation is 3. The van der Waals surface area contributed by atoms with Crippen molar-refractivity contribution in [1.82, 2.24) is 20.1 Å². The summed E-state index contributed by atoms with van der Waals surface area (Å²) < 4.78 is 1.85. The van der Waals surface area contributed by atoms with Gasteiger partial charge in [0.25, 0.3) is 0 Å². The number of nitrogens with zero attached hydrogens (tertiary/aromatic N) is 3. The first-order chi connectivity index (χ1) is 10.6. The van der Waals surface area contributed by atoms with Gasteiger partial charge in [-0.05, 0) is 43.4 Å². The maximum atomic E-state index is 11.7. The van der Waals surface area contributed by atoms with E-state index in [1.165, 1.54) is 17.4 Å². The molecule has 0 saturated heterocycles. The van der Waals surface area contributed by atoms with Crippen LogP contribution in [0.25, 0.3) is 6.08 Å². The molecule has 0 spiro atoms. The Balaban J connectivity index is 1.70. The second-order valence-electron chi connectivity index (χ2n) is 4.92. The third kappa shape index (κ3) is 4.78. The van der Waals surface area contributed by atoms with Gasteiger partial charge in [-0.25, -0.2) is 4.98 Å². The van der Waals surface area contributed by atoms with Gasteiger partial charge in [0.05, 0.1) is 6.61 Å². The quantitative estimate of drug-likeness (QED) is 0.601. The van der Waals surface area contributed by atoms with Gasteiger partial charge in [0, 0.05) is 24.0 Å². The van der Waals surface area contributed by atoms with Crippen molar-refractivity contribution in [3.05, 3.63) is 39.6 Å². The molecule has 6 nitrogen and oxygen atoms in total. The molecular formula is C15H20N4O2S. The fraction of sp³-hybridized carbons (Fsp3) is 0.400. The van der Waals surface area contributed by atoms with Crippen LogP contribution in [0, 0.1) is 13.8 Å². The van der Waals surface area contributed by atoms with Crippen molar-refractivity contribution in [3.63, 3.8) is 0 Å². The van der Waals surface area contributed by atoms with Crippen LogP contribution in [0.4, 0.5) is 0 Å². The summed E-state index contributed by atoms with van der Waals surface area (Å²) in [5, 5.41) is 18.0. The molecule has 22 heavy (non-hydrogen) atoms. The largest absolute Gasteiger partial charge is 0.392 e. The van der Waals surface area contributed by atoms with Gasteiger partial charge >= 0.3 is 0 Å². The molecule has 2 aromatic heterocycles. The number of nitrogens with one attached hydrogen (secondary N) is 1.